The van der Waals surface area contributed by atoms with Gasteiger partial charge in [-0.1, -0.05) is 28.1 Å². The number of carbonyl (C=O) groups is 1. The predicted molar refractivity (Wildman–Crippen MR) is 99.6 cm³/mol. The van der Waals surface area contributed by atoms with E-state index in [9.17, 15) is 4.79 Å². The SMILES string of the molecule is CBr.CC(C)(C)OC(=O)NC1CC(c2nc3ccccc3s2)C1. The number of amides is 1. The van der Waals surface area contributed by atoms with Gasteiger partial charge in [0.25, 0.3) is 0 Å². The zero-order chi connectivity index (χ0) is 17.0. The third-order valence-corrected chi connectivity index (χ3v) is 4.72. The van der Waals surface area contributed by atoms with Crippen LogP contribution in [0.15, 0.2) is 24.3 Å². The van der Waals surface area contributed by atoms with Crippen molar-refractivity contribution in [3.8, 4) is 0 Å². The number of nitrogens with zero attached hydrogens (tertiary/aromatic N) is 1. The lowest BCUT2D eigenvalue weighted by Crippen LogP contribution is -2.45. The fourth-order valence-corrected chi connectivity index (χ4v) is 3.57. The summed E-state index contributed by atoms with van der Waals surface area (Å²) < 4.78 is 6.50. The standard InChI is InChI=1S/C16H20N2O2S.CH3Br/c1-16(2,3)20-15(19)17-11-8-10(9-11)14-18-12-6-4-5-7-13(12)21-14;1-2/h4-7,10-11H,8-9H2,1-3H3,(H,17,19);1H3. The maximum atomic E-state index is 11.7. The van der Waals surface area contributed by atoms with Gasteiger partial charge in [-0.15, -0.1) is 11.3 Å². The second-order valence-corrected chi connectivity index (χ2v) is 7.59. The number of thiazole rings is 1. The molecule has 23 heavy (non-hydrogen) atoms. The van der Waals surface area contributed by atoms with E-state index in [0.29, 0.717) is 5.92 Å². The molecule has 0 bridgehead atoms. The van der Waals surface area contributed by atoms with Crippen molar-refractivity contribution < 1.29 is 9.53 Å². The maximum absolute atomic E-state index is 11.7. The van der Waals surface area contributed by atoms with Crippen LogP contribution in [0.3, 0.4) is 0 Å². The van der Waals surface area contributed by atoms with Crippen LogP contribution >= 0.6 is 27.3 Å². The Balaban J connectivity index is 0.000000924. The molecule has 1 aromatic heterocycles. The van der Waals surface area contributed by atoms with Crippen molar-refractivity contribution in [3.05, 3.63) is 29.3 Å². The van der Waals surface area contributed by atoms with E-state index in [4.69, 9.17) is 4.74 Å². The van der Waals surface area contributed by atoms with Crippen LogP contribution < -0.4 is 5.32 Å². The second-order valence-electron chi connectivity index (χ2n) is 6.53. The Morgan fingerprint density at radius 2 is 1.96 bits per heavy atom. The predicted octanol–water partition coefficient (Wildman–Crippen LogP) is 5.08. The van der Waals surface area contributed by atoms with Crippen molar-refractivity contribution >= 4 is 43.6 Å². The van der Waals surface area contributed by atoms with Gasteiger partial charge in [0.2, 0.25) is 0 Å². The molecule has 126 valence electrons. The summed E-state index contributed by atoms with van der Waals surface area (Å²) in [7, 11) is 0. The molecule has 4 nitrogen and oxygen atoms in total. The molecule has 1 aliphatic rings. The van der Waals surface area contributed by atoms with Crippen molar-refractivity contribution in [1.29, 1.82) is 0 Å². The largest absolute Gasteiger partial charge is 0.444 e. The molecule has 2 aromatic rings. The first-order valence-electron chi connectivity index (χ1n) is 7.63. The number of aromatic nitrogens is 1. The summed E-state index contributed by atoms with van der Waals surface area (Å²) in [5, 5.41) is 4.10. The van der Waals surface area contributed by atoms with Gasteiger partial charge >= 0.3 is 6.09 Å². The highest BCUT2D eigenvalue weighted by molar-refractivity contribution is 9.08. The van der Waals surface area contributed by atoms with Crippen LogP contribution in [0.4, 0.5) is 4.79 Å². The fraction of sp³-hybridized carbons (Fsp3) is 0.529. The van der Waals surface area contributed by atoms with Crippen LogP contribution in [-0.2, 0) is 4.74 Å². The minimum atomic E-state index is -0.444. The summed E-state index contributed by atoms with van der Waals surface area (Å²) in [4.78, 5) is 16.4. The number of rotatable bonds is 2. The smallest absolute Gasteiger partial charge is 0.407 e. The Bertz CT molecular complexity index is 627. The van der Waals surface area contributed by atoms with Gasteiger partial charge in [0.15, 0.2) is 0 Å². The first kappa shape index (κ1) is 18.2. The molecule has 0 radical (unpaired) electrons. The highest BCUT2D eigenvalue weighted by Crippen LogP contribution is 2.40. The molecule has 3 rings (SSSR count). The number of nitrogens with one attached hydrogen (secondary N) is 1. The summed E-state index contributed by atoms with van der Waals surface area (Å²) in [5.74, 6) is 2.27. The number of benzene rings is 1. The van der Waals surface area contributed by atoms with Crippen LogP contribution in [-0.4, -0.2) is 28.6 Å². The molecule has 0 unspecified atom stereocenters. The van der Waals surface area contributed by atoms with Crippen molar-refractivity contribution in [2.75, 3.05) is 5.83 Å². The Morgan fingerprint density at radius 3 is 2.57 bits per heavy atom. The van der Waals surface area contributed by atoms with E-state index in [2.05, 4.69) is 32.3 Å². The number of ether oxygens (including phenoxy) is 1. The molecular weight excluding hydrogens is 376 g/mol. The molecule has 1 fully saturated rings. The molecule has 1 N–H and O–H groups in total. The van der Waals surface area contributed by atoms with E-state index in [1.807, 2.05) is 44.8 Å². The number of para-hydroxylation sites is 1. The van der Waals surface area contributed by atoms with Gasteiger partial charge in [-0.3, -0.25) is 0 Å². The van der Waals surface area contributed by atoms with Gasteiger partial charge < -0.3 is 10.1 Å². The monoisotopic (exact) mass is 398 g/mol. The van der Waals surface area contributed by atoms with Gasteiger partial charge in [-0.25, -0.2) is 9.78 Å². The van der Waals surface area contributed by atoms with E-state index in [-0.39, 0.29) is 12.1 Å². The molecule has 6 heteroatoms. The molecule has 1 saturated carbocycles. The zero-order valence-electron chi connectivity index (χ0n) is 13.9. The molecule has 0 atom stereocenters. The van der Waals surface area contributed by atoms with Crippen molar-refractivity contribution in [3.63, 3.8) is 0 Å². The van der Waals surface area contributed by atoms with Crippen LogP contribution in [0.5, 0.6) is 0 Å². The van der Waals surface area contributed by atoms with Gasteiger partial charge in [0.05, 0.1) is 15.2 Å². The zero-order valence-corrected chi connectivity index (χ0v) is 16.3. The molecule has 0 spiro atoms. The number of halogens is 1. The number of hydrogen-bond acceptors (Lipinski definition) is 4. The highest BCUT2D eigenvalue weighted by Gasteiger charge is 2.34. The van der Waals surface area contributed by atoms with E-state index >= 15 is 0 Å². The van der Waals surface area contributed by atoms with Crippen molar-refractivity contribution in [2.24, 2.45) is 0 Å². The lowest BCUT2D eigenvalue weighted by atomic mass is 9.81. The number of alkyl carbamates (subject to hydrolysis) is 1. The summed E-state index contributed by atoms with van der Waals surface area (Å²) in [6.07, 6.45) is 1.56. The minimum absolute atomic E-state index is 0.205. The van der Waals surface area contributed by atoms with Crippen molar-refractivity contribution in [1.82, 2.24) is 10.3 Å². The normalized spacial score (nSPS) is 20.2. The Morgan fingerprint density at radius 1 is 1.30 bits per heavy atom. The third-order valence-electron chi connectivity index (χ3n) is 3.52. The Kier molecular flexibility index (Phi) is 6.03. The number of hydrogen-bond donors (Lipinski definition) is 1. The number of carbonyl (C=O) groups excluding carboxylic acids is 1. The molecule has 1 aliphatic carbocycles. The van der Waals surface area contributed by atoms with E-state index in [0.717, 1.165) is 18.4 Å². The average Bonchev–Trinajstić information content (AvgIpc) is 2.85. The first-order valence-corrected chi connectivity index (χ1v) is 10.0. The van der Waals surface area contributed by atoms with Crippen LogP contribution in [0.2, 0.25) is 0 Å². The molecule has 1 heterocycles. The number of fused-ring (bicyclic) bond motifs is 1. The van der Waals surface area contributed by atoms with Crippen LogP contribution in [0.25, 0.3) is 10.2 Å². The topological polar surface area (TPSA) is 51.2 Å². The lowest BCUT2D eigenvalue weighted by Gasteiger charge is -2.34. The summed E-state index contributed by atoms with van der Waals surface area (Å²) in [6, 6.07) is 8.41. The third kappa shape index (κ3) is 4.91. The Hall–Kier alpha value is -1.14. The van der Waals surface area contributed by atoms with Crippen molar-refractivity contribution in [2.45, 2.75) is 51.2 Å². The van der Waals surface area contributed by atoms with Crippen LogP contribution in [0, 0.1) is 0 Å². The van der Waals surface area contributed by atoms with E-state index in [1.54, 1.807) is 11.3 Å². The second kappa shape index (κ2) is 7.62. The van der Waals surface area contributed by atoms with Crippen LogP contribution in [0.1, 0.15) is 44.5 Å². The molecular formula is C17H23BrN2O2S. The average molecular weight is 399 g/mol. The van der Waals surface area contributed by atoms with E-state index in [1.165, 1.54) is 9.71 Å². The van der Waals surface area contributed by atoms with Gasteiger partial charge in [0, 0.05) is 12.0 Å². The Labute approximate surface area is 149 Å². The summed E-state index contributed by atoms with van der Waals surface area (Å²) >= 11 is 4.69. The lowest BCUT2D eigenvalue weighted by molar-refractivity contribution is 0.0471. The summed E-state index contributed by atoms with van der Waals surface area (Å²) in [6.45, 7) is 5.62. The molecule has 1 aromatic carbocycles. The molecule has 0 saturated heterocycles. The highest BCUT2D eigenvalue weighted by atomic mass is 79.9. The number of alkyl halides is 1. The maximum Gasteiger partial charge on any atom is 0.407 e. The minimum Gasteiger partial charge on any atom is -0.444 e. The molecule has 1 amide bonds. The van der Waals surface area contributed by atoms with Gasteiger partial charge in [-0.2, -0.15) is 0 Å². The van der Waals surface area contributed by atoms with Gasteiger partial charge in [0.1, 0.15) is 5.60 Å². The quantitative estimate of drug-likeness (QED) is 0.717. The fourth-order valence-electron chi connectivity index (χ4n) is 2.48. The first-order chi connectivity index (χ1) is 10.9. The van der Waals surface area contributed by atoms with Gasteiger partial charge in [-0.05, 0) is 51.6 Å². The molecule has 0 aliphatic heterocycles. The summed E-state index contributed by atoms with van der Waals surface area (Å²) in [5.41, 5.74) is 0.626. The van der Waals surface area contributed by atoms with E-state index < -0.39 is 5.60 Å².